The number of amides is 1. The van der Waals surface area contributed by atoms with Gasteiger partial charge in [-0.05, 0) is 48.1 Å². The van der Waals surface area contributed by atoms with E-state index in [2.05, 4.69) is 21.2 Å². The lowest BCUT2D eigenvalue weighted by Gasteiger charge is -2.21. The van der Waals surface area contributed by atoms with E-state index in [4.69, 9.17) is 9.97 Å². The van der Waals surface area contributed by atoms with Crippen molar-refractivity contribution in [3.63, 3.8) is 0 Å². The molecule has 0 fully saturated rings. The number of aliphatic hydroxyl groups excluding tert-OH is 1. The van der Waals surface area contributed by atoms with Crippen molar-refractivity contribution in [3.8, 4) is 11.3 Å². The first-order valence-electron chi connectivity index (χ1n) is 9.74. The monoisotopic (exact) mass is 451 g/mol. The summed E-state index contributed by atoms with van der Waals surface area (Å²) in [6.07, 6.45) is 2.59. The van der Waals surface area contributed by atoms with E-state index in [1.54, 1.807) is 0 Å². The maximum absolute atomic E-state index is 12.6. The third kappa shape index (κ3) is 4.23. The summed E-state index contributed by atoms with van der Waals surface area (Å²) in [5, 5.41) is 12.3. The molecule has 1 heterocycles. The maximum Gasteiger partial charge on any atom is 0.229 e. The van der Waals surface area contributed by atoms with Crippen LogP contribution in [-0.4, -0.2) is 21.0 Å². The van der Waals surface area contributed by atoms with Crippen LogP contribution in [0.1, 0.15) is 35.0 Å². The average molecular weight is 452 g/mol. The number of aryl methyl sites for hydroxylation is 3. The van der Waals surface area contributed by atoms with Gasteiger partial charge in [0.1, 0.15) is 0 Å². The van der Waals surface area contributed by atoms with E-state index in [-0.39, 0.29) is 12.5 Å². The molecule has 0 saturated carbocycles. The quantitative estimate of drug-likeness (QED) is 0.608. The highest BCUT2D eigenvalue weighted by Gasteiger charge is 2.22. The standard InChI is InChI=1S/C23H22BrN3O2/c1-2-19-23(27-21(29)12-14-3-7-17(24)8-4-14)26-20-10-6-16-11-15(13-28)5-9-18(16)22(20)25-19/h3-5,7-9,11,28H,2,6,10,12-13H2,1H3,(H,26,27,29). The summed E-state index contributed by atoms with van der Waals surface area (Å²) in [4.78, 5) is 22.2. The average Bonchev–Trinajstić information content (AvgIpc) is 2.74. The summed E-state index contributed by atoms with van der Waals surface area (Å²) in [7, 11) is 0. The first-order valence-corrected chi connectivity index (χ1v) is 10.5. The molecule has 0 unspecified atom stereocenters. The van der Waals surface area contributed by atoms with Crippen molar-refractivity contribution in [2.24, 2.45) is 0 Å². The van der Waals surface area contributed by atoms with Gasteiger partial charge in [0, 0.05) is 10.0 Å². The van der Waals surface area contributed by atoms with Gasteiger partial charge < -0.3 is 10.4 Å². The normalized spacial score (nSPS) is 12.2. The lowest BCUT2D eigenvalue weighted by Crippen LogP contribution is -2.19. The molecule has 1 amide bonds. The summed E-state index contributed by atoms with van der Waals surface area (Å²) in [5.74, 6) is 0.462. The highest BCUT2D eigenvalue weighted by atomic mass is 79.9. The Bertz CT molecular complexity index is 1060. The third-order valence-electron chi connectivity index (χ3n) is 5.15. The van der Waals surface area contributed by atoms with E-state index < -0.39 is 0 Å². The van der Waals surface area contributed by atoms with Crippen LogP contribution in [0.25, 0.3) is 11.3 Å². The molecule has 4 rings (SSSR count). The van der Waals surface area contributed by atoms with Crippen molar-refractivity contribution in [2.45, 2.75) is 39.2 Å². The number of rotatable bonds is 5. The van der Waals surface area contributed by atoms with Crippen molar-refractivity contribution in [1.82, 2.24) is 9.97 Å². The smallest absolute Gasteiger partial charge is 0.229 e. The molecule has 6 heteroatoms. The molecule has 5 nitrogen and oxygen atoms in total. The number of aliphatic hydroxyl groups is 1. The molecule has 2 N–H and O–H groups in total. The molecule has 1 aliphatic carbocycles. The highest BCUT2D eigenvalue weighted by Crippen LogP contribution is 2.33. The fourth-order valence-electron chi connectivity index (χ4n) is 3.64. The number of carbonyl (C=O) groups is 1. The topological polar surface area (TPSA) is 75.1 Å². The van der Waals surface area contributed by atoms with Gasteiger partial charge in [0.25, 0.3) is 0 Å². The number of hydrogen-bond acceptors (Lipinski definition) is 4. The molecule has 0 atom stereocenters. The van der Waals surface area contributed by atoms with Gasteiger partial charge in [0.15, 0.2) is 5.82 Å². The number of anilines is 1. The number of benzene rings is 2. The van der Waals surface area contributed by atoms with Crippen LogP contribution in [0.2, 0.25) is 0 Å². The van der Waals surface area contributed by atoms with Gasteiger partial charge in [0.05, 0.1) is 30.1 Å². The second-order valence-corrected chi connectivity index (χ2v) is 8.08. The minimum Gasteiger partial charge on any atom is -0.392 e. The summed E-state index contributed by atoms with van der Waals surface area (Å²) < 4.78 is 0.988. The van der Waals surface area contributed by atoms with Crippen molar-refractivity contribution in [1.29, 1.82) is 0 Å². The van der Waals surface area contributed by atoms with Crippen LogP contribution in [0.15, 0.2) is 46.9 Å². The predicted octanol–water partition coefficient (Wildman–Crippen LogP) is 4.24. The second kappa shape index (κ2) is 8.43. The van der Waals surface area contributed by atoms with E-state index in [1.807, 2.05) is 49.4 Å². The van der Waals surface area contributed by atoms with Gasteiger partial charge in [-0.15, -0.1) is 0 Å². The fourth-order valence-corrected chi connectivity index (χ4v) is 3.91. The molecule has 0 bridgehead atoms. The summed E-state index contributed by atoms with van der Waals surface area (Å²) in [6, 6.07) is 13.7. The van der Waals surface area contributed by atoms with Crippen molar-refractivity contribution < 1.29 is 9.90 Å². The van der Waals surface area contributed by atoms with E-state index in [0.717, 1.165) is 51.1 Å². The molecule has 2 aromatic carbocycles. The van der Waals surface area contributed by atoms with E-state index >= 15 is 0 Å². The highest BCUT2D eigenvalue weighted by molar-refractivity contribution is 9.10. The van der Waals surface area contributed by atoms with Crippen LogP contribution >= 0.6 is 15.9 Å². The Morgan fingerprint density at radius 2 is 1.86 bits per heavy atom. The minimum atomic E-state index is -0.0972. The van der Waals surface area contributed by atoms with Crippen LogP contribution in [0.3, 0.4) is 0 Å². The maximum atomic E-state index is 12.6. The summed E-state index contributed by atoms with van der Waals surface area (Å²) in [5.41, 5.74) is 6.69. The van der Waals surface area contributed by atoms with Crippen LogP contribution < -0.4 is 5.32 Å². The molecule has 148 valence electrons. The number of halogens is 1. The van der Waals surface area contributed by atoms with Crippen LogP contribution in [0.5, 0.6) is 0 Å². The molecular formula is C23H22BrN3O2. The molecule has 1 aliphatic rings. The lowest BCUT2D eigenvalue weighted by molar-refractivity contribution is -0.115. The van der Waals surface area contributed by atoms with Crippen molar-refractivity contribution in [2.75, 3.05) is 5.32 Å². The van der Waals surface area contributed by atoms with Crippen LogP contribution in [0, 0.1) is 0 Å². The van der Waals surface area contributed by atoms with Crippen molar-refractivity contribution in [3.05, 3.63) is 75.0 Å². The Morgan fingerprint density at radius 3 is 2.59 bits per heavy atom. The molecule has 0 saturated heterocycles. The molecule has 29 heavy (non-hydrogen) atoms. The Kier molecular flexibility index (Phi) is 5.74. The van der Waals surface area contributed by atoms with E-state index in [9.17, 15) is 9.90 Å². The first-order chi connectivity index (χ1) is 14.1. The number of nitrogens with one attached hydrogen (secondary N) is 1. The van der Waals surface area contributed by atoms with Crippen LogP contribution in [-0.2, 0) is 37.1 Å². The molecule has 1 aromatic heterocycles. The Balaban J connectivity index is 1.60. The molecule has 0 radical (unpaired) electrons. The molecule has 0 aliphatic heterocycles. The van der Waals surface area contributed by atoms with E-state index in [0.29, 0.717) is 18.7 Å². The van der Waals surface area contributed by atoms with Gasteiger partial charge in [-0.3, -0.25) is 4.79 Å². The number of nitrogens with zero attached hydrogens (tertiary/aromatic N) is 2. The Labute approximate surface area is 178 Å². The number of hydrogen-bond donors (Lipinski definition) is 2. The van der Waals surface area contributed by atoms with Crippen molar-refractivity contribution >= 4 is 27.7 Å². The van der Waals surface area contributed by atoms with Gasteiger partial charge in [-0.25, -0.2) is 9.97 Å². The minimum absolute atomic E-state index is 0.0371. The zero-order valence-corrected chi connectivity index (χ0v) is 17.8. The van der Waals surface area contributed by atoms with Gasteiger partial charge >= 0.3 is 0 Å². The second-order valence-electron chi connectivity index (χ2n) is 7.17. The van der Waals surface area contributed by atoms with Gasteiger partial charge in [-0.1, -0.05) is 53.2 Å². The first kappa shape index (κ1) is 19.7. The largest absolute Gasteiger partial charge is 0.392 e. The summed E-state index contributed by atoms with van der Waals surface area (Å²) in [6.45, 7) is 2.05. The zero-order valence-electron chi connectivity index (χ0n) is 16.2. The summed E-state index contributed by atoms with van der Waals surface area (Å²) >= 11 is 3.41. The number of fused-ring (bicyclic) bond motifs is 3. The van der Waals surface area contributed by atoms with Gasteiger partial charge in [0.2, 0.25) is 5.91 Å². The third-order valence-corrected chi connectivity index (χ3v) is 5.68. The SMILES string of the molecule is CCc1nc2c(nc1NC(=O)Cc1ccc(Br)cc1)CCc1cc(CO)ccc1-2. The van der Waals surface area contributed by atoms with E-state index in [1.165, 1.54) is 5.56 Å². The fraction of sp³-hybridized carbons (Fsp3) is 0.261. The number of aromatic nitrogens is 2. The molecular weight excluding hydrogens is 430 g/mol. The van der Waals surface area contributed by atoms with Gasteiger partial charge in [-0.2, -0.15) is 0 Å². The molecule has 3 aromatic rings. The number of carbonyl (C=O) groups excluding carboxylic acids is 1. The predicted molar refractivity (Wildman–Crippen MR) is 117 cm³/mol. The van der Waals surface area contributed by atoms with Crippen LogP contribution in [0.4, 0.5) is 5.82 Å². The zero-order chi connectivity index (χ0) is 20.4. The Morgan fingerprint density at radius 1 is 1.10 bits per heavy atom. The molecule has 0 spiro atoms. The Hall–Kier alpha value is -2.57. The lowest BCUT2D eigenvalue weighted by atomic mass is 9.90.